The van der Waals surface area contributed by atoms with Gasteiger partial charge in [-0.1, -0.05) is 0 Å². The minimum Gasteiger partial charge on any atom is -0.316 e. The molecule has 1 aliphatic heterocycles. The fourth-order valence-corrected chi connectivity index (χ4v) is 2.96. The normalized spacial score (nSPS) is 20.8. The summed E-state index contributed by atoms with van der Waals surface area (Å²) in [5, 5.41) is 7.82. The molecular formula is C12H22BrClN4. The van der Waals surface area contributed by atoms with E-state index in [1.54, 1.807) is 0 Å². The Kier molecular flexibility index (Phi) is 6.11. The predicted molar refractivity (Wildman–Crippen MR) is 80.3 cm³/mol. The fourth-order valence-electron chi connectivity index (χ4n) is 2.50. The lowest BCUT2D eigenvalue weighted by Gasteiger charge is -2.32. The maximum atomic E-state index is 4.44. The van der Waals surface area contributed by atoms with Crippen LogP contribution < -0.4 is 5.32 Å². The number of rotatable bonds is 3. The highest BCUT2D eigenvalue weighted by atomic mass is 79.9. The number of hydrogen-bond donors (Lipinski definition) is 1. The Hall–Kier alpha value is -0.100. The van der Waals surface area contributed by atoms with E-state index in [4.69, 9.17) is 0 Å². The van der Waals surface area contributed by atoms with Crippen LogP contribution >= 0.6 is 28.3 Å². The molecule has 0 saturated carbocycles. The molecule has 0 radical (unpaired) electrons. The van der Waals surface area contributed by atoms with Crippen molar-refractivity contribution in [3.63, 3.8) is 0 Å². The third-order valence-electron chi connectivity index (χ3n) is 3.55. The summed E-state index contributed by atoms with van der Waals surface area (Å²) < 4.78 is 3.15. The van der Waals surface area contributed by atoms with E-state index in [9.17, 15) is 0 Å². The molecule has 1 unspecified atom stereocenters. The minimum absolute atomic E-state index is 0. The van der Waals surface area contributed by atoms with Crippen LogP contribution in [0.4, 0.5) is 0 Å². The molecule has 4 nitrogen and oxygen atoms in total. The molecule has 1 aromatic heterocycles. The van der Waals surface area contributed by atoms with Crippen LogP contribution in [0.2, 0.25) is 0 Å². The topological polar surface area (TPSA) is 33.1 Å². The fraction of sp³-hybridized carbons (Fsp3) is 0.750. The Bertz CT molecular complexity index is 394. The van der Waals surface area contributed by atoms with E-state index < -0.39 is 0 Å². The molecule has 0 bridgehead atoms. The highest BCUT2D eigenvalue weighted by Crippen LogP contribution is 2.23. The minimum atomic E-state index is 0. The van der Waals surface area contributed by atoms with Gasteiger partial charge in [-0.15, -0.1) is 12.4 Å². The molecule has 0 amide bonds. The zero-order chi connectivity index (χ0) is 12.4. The average molecular weight is 338 g/mol. The number of aromatic nitrogens is 2. The van der Waals surface area contributed by atoms with Gasteiger partial charge >= 0.3 is 0 Å². The van der Waals surface area contributed by atoms with E-state index in [1.165, 1.54) is 25.1 Å². The quantitative estimate of drug-likeness (QED) is 0.917. The smallest absolute Gasteiger partial charge is 0.0739 e. The van der Waals surface area contributed by atoms with Gasteiger partial charge in [0.05, 0.1) is 15.9 Å². The number of nitrogens with one attached hydrogen (secondary N) is 1. The summed E-state index contributed by atoms with van der Waals surface area (Å²) in [5.41, 5.74) is 2.35. The van der Waals surface area contributed by atoms with Gasteiger partial charge < -0.3 is 5.32 Å². The van der Waals surface area contributed by atoms with E-state index >= 15 is 0 Å². The molecule has 1 aromatic rings. The zero-order valence-electron chi connectivity index (χ0n) is 11.2. The maximum absolute atomic E-state index is 4.44. The molecule has 2 heterocycles. The van der Waals surface area contributed by atoms with Crippen LogP contribution in [0, 0.1) is 6.92 Å². The van der Waals surface area contributed by atoms with Crippen LogP contribution in [-0.4, -0.2) is 40.9 Å². The maximum Gasteiger partial charge on any atom is 0.0739 e. The first-order valence-corrected chi connectivity index (χ1v) is 6.98. The zero-order valence-corrected chi connectivity index (χ0v) is 13.6. The summed E-state index contributed by atoms with van der Waals surface area (Å²) in [5.74, 6) is 0. The van der Waals surface area contributed by atoms with Crippen molar-refractivity contribution in [2.45, 2.75) is 32.4 Å². The van der Waals surface area contributed by atoms with Gasteiger partial charge in [-0.2, -0.15) is 5.10 Å². The molecule has 104 valence electrons. The second-order valence-corrected chi connectivity index (χ2v) is 5.63. The second kappa shape index (κ2) is 6.89. The van der Waals surface area contributed by atoms with E-state index in [2.05, 4.69) is 38.3 Å². The number of likely N-dealkylation sites (N-methyl/N-ethyl adjacent to an activating group) is 1. The number of piperidine rings is 1. The van der Waals surface area contributed by atoms with Crippen molar-refractivity contribution < 1.29 is 0 Å². The van der Waals surface area contributed by atoms with E-state index in [-0.39, 0.29) is 12.4 Å². The molecule has 1 N–H and O–H groups in total. The third-order valence-corrected chi connectivity index (χ3v) is 4.58. The molecule has 1 saturated heterocycles. The van der Waals surface area contributed by atoms with Gasteiger partial charge in [-0.25, -0.2) is 0 Å². The SMILES string of the molecule is CNC1CCCN(Cc2c(Br)c(C)nn2C)C1.Cl. The molecule has 1 fully saturated rings. The lowest BCUT2D eigenvalue weighted by atomic mass is 10.1. The molecule has 1 aliphatic rings. The number of likely N-dealkylation sites (tertiary alicyclic amines) is 1. The Balaban J connectivity index is 0.00000162. The van der Waals surface area contributed by atoms with Crippen molar-refractivity contribution in [1.29, 1.82) is 0 Å². The largest absolute Gasteiger partial charge is 0.316 e. The van der Waals surface area contributed by atoms with Crippen molar-refractivity contribution in [1.82, 2.24) is 20.0 Å². The molecular weight excluding hydrogens is 316 g/mol. The van der Waals surface area contributed by atoms with Crippen LogP contribution in [0.5, 0.6) is 0 Å². The van der Waals surface area contributed by atoms with Crippen molar-refractivity contribution in [2.24, 2.45) is 7.05 Å². The molecule has 0 aliphatic carbocycles. The van der Waals surface area contributed by atoms with Crippen LogP contribution in [-0.2, 0) is 13.6 Å². The molecule has 2 rings (SSSR count). The standard InChI is InChI=1S/C12H21BrN4.ClH/c1-9-12(13)11(16(3)15-9)8-17-6-4-5-10(7-17)14-2;/h10,14H,4-8H2,1-3H3;1H. The van der Waals surface area contributed by atoms with Crippen molar-refractivity contribution in [2.75, 3.05) is 20.1 Å². The number of hydrogen-bond acceptors (Lipinski definition) is 3. The summed E-state index contributed by atoms with van der Waals surface area (Å²) in [7, 11) is 4.07. The molecule has 0 spiro atoms. The highest BCUT2D eigenvalue weighted by molar-refractivity contribution is 9.10. The predicted octanol–water partition coefficient (Wildman–Crippen LogP) is 2.10. The van der Waals surface area contributed by atoms with Gasteiger partial charge in [0.15, 0.2) is 0 Å². The van der Waals surface area contributed by atoms with Crippen LogP contribution in [0.1, 0.15) is 24.2 Å². The van der Waals surface area contributed by atoms with Crippen molar-refractivity contribution >= 4 is 28.3 Å². The molecule has 18 heavy (non-hydrogen) atoms. The van der Waals surface area contributed by atoms with Crippen LogP contribution in [0.3, 0.4) is 0 Å². The average Bonchev–Trinajstić information content (AvgIpc) is 2.56. The third kappa shape index (κ3) is 3.47. The molecule has 0 aromatic carbocycles. The lowest BCUT2D eigenvalue weighted by Crippen LogP contribution is -2.44. The highest BCUT2D eigenvalue weighted by Gasteiger charge is 2.21. The summed E-state index contributed by atoms with van der Waals surface area (Å²) in [6.45, 7) is 5.35. The summed E-state index contributed by atoms with van der Waals surface area (Å²) >= 11 is 3.63. The molecule has 6 heteroatoms. The Labute approximate surface area is 124 Å². The summed E-state index contributed by atoms with van der Waals surface area (Å²) in [4.78, 5) is 2.51. The van der Waals surface area contributed by atoms with Crippen molar-refractivity contribution in [3.8, 4) is 0 Å². The van der Waals surface area contributed by atoms with Gasteiger partial charge in [0.25, 0.3) is 0 Å². The van der Waals surface area contributed by atoms with Crippen LogP contribution in [0.25, 0.3) is 0 Å². The lowest BCUT2D eigenvalue weighted by molar-refractivity contribution is 0.183. The Morgan fingerprint density at radius 2 is 2.22 bits per heavy atom. The first-order valence-electron chi connectivity index (χ1n) is 6.19. The van der Waals surface area contributed by atoms with Gasteiger partial charge in [0.2, 0.25) is 0 Å². The van der Waals surface area contributed by atoms with Crippen molar-refractivity contribution in [3.05, 3.63) is 15.9 Å². The molecule has 1 atom stereocenters. The Morgan fingerprint density at radius 3 is 2.78 bits per heavy atom. The Morgan fingerprint density at radius 1 is 1.50 bits per heavy atom. The van der Waals surface area contributed by atoms with E-state index in [0.717, 1.165) is 23.3 Å². The first kappa shape index (κ1) is 16.0. The van der Waals surface area contributed by atoms with Gasteiger partial charge in [-0.3, -0.25) is 9.58 Å². The number of halogens is 2. The van der Waals surface area contributed by atoms with Gasteiger partial charge in [0, 0.05) is 26.2 Å². The second-order valence-electron chi connectivity index (χ2n) is 4.83. The van der Waals surface area contributed by atoms with Gasteiger partial charge in [-0.05, 0) is 49.3 Å². The number of nitrogens with zero attached hydrogens (tertiary/aromatic N) is 3. The number of aryl methyl sites for hydroxylation is 2. The van der Waals surface area contributed by atoms with Crippen LogP contribution in [0.15, 0.2) is 4.47 Å². The van der Waals surface area contributed by atoms with Gasteiger partial charge in [0.1, 0.15) is 0 Å². The first-order chi connectivity index (χ1) is 8.11. The van der Waals surface area contributed by atoms with E-state index in [1.807, 2.05) is 18.7 Å². The summed E-state index contributed by atoms with van der Waals surface area (Å²) in [6, 6.07) is 0.636. The summed E-state index contributed by atoms with van der Waals surface area (Å²) in [6.07, 6.45) is 2.57. The van der Waals surface area contributed by atoms with E-state index in [0.29, 0.717) is 6.04 Å². The monoisotopic (exact) mass is 336 g/mol.